The Bertz CT molecular complexity index is 838. The molecule has 0 saturated carbocycles. The average molecular weight is 374 g/mol. The van der Waals surface area contributed by atoms with Crippen molar-refractivity contribution in [1.82, 2.24) is 40.1 Å². The normalized spacial score (nSPS) is 15.0. The molecular weight excluding hydrogens is 348 g/mol. The van der Waals surface area contributed by atoms with Crippen LogP contribution in [0.25, 0.3) is 0 Å². The molecule has 146 valence electrons. The van der Waals surface area contributed by atoms with Gasteiger partial charge >= 0.3 is 5.69 Å². The number of nitrogens with one attached hydrogen (secondary N) is 2. The van der Waals surface area contributed by atoms with Crippen molar-refractivity contribution >= 4 is 5.91 Å². The summed E-state index contributed by atoms with van der Waals surface area (Å²) in [5.41, 5.74) is 1.48. The number of piperazine rings is 1. The molecule has 0 unspecified atom stereocenters. The Kier molecular flexibility index (Phi) is 6.30. The van der Waals surface area contributed by atoms with E-state index in [1.165, 1.54) is 4.57 Å². The van der Waals surface area contributed by atoms with Crippen LogP contribution in [0, 0.1) is 13.8 Å². The molecule has 1 aliphatic rings. The van der Waals surface area contributed by atoms with Gasteiger partial charge in [0.2, 0.25) is 0 Å². The highest BCUT2D eigenvalue weighted by Gasteiger charge is 2.13. The zero-order valence-electron chi connectivity index (χ0n) is 15.8. The Morgan fingerprint density at radius 2 is 2.00 bits per heavy atom. The monoisotopic (exact) mass is 374 g/mol. The first kappa shape index (κ1) is 19.2. The van der Waals surface area contributed by atoms with E-state index in [0.29, 0.717) is 25.3 Å². The smallest absolute Gasteiger partial charge is 0.348 e. The van der Waals surface area contributed by atoms with Crippen LogP contribution in [0.15, 0.2) is 17.1 Å². The fourth-order valence-corrected chi connectivity index (χ4v) is 3.11. The molecule has 27 heavy (non-hydrogen) atoms. The maximum absolute atomic E-state index is 12.2. The number of carbonyl (C=O) groups is 1. The number of nitrogens with zero attached hydrogens (tertiary/aromatic N) is 6. The van der Waals surface area contributed by atoms with Crippen LogP contribution < -0.4 is 16.3 Å². The SMILES string of the molecule is Cc1cc(C)n(CCNC(=O)c2cn(CCN3CCNCC3)nn2)c(=O)n1. The molecule has 1 saturated heterocycles. The Hall–Kier alpha value is -2.59. The van der Waals surface area contributed by atoms with Crippen LogP contribution in [0.3, 0.4) is 0 Å². The molecule has 1 aliphatic heterocycles. The van der Waals surface area contributed by atoms with E-state index in [1.807, 2.05) is 13.0 Å². The largest absolute Gasteiger partial charge is 0.349 e. The molecule has 0 radical (unpaired) electrons. The van der Waals surface area contributed by atoms with Gasteiger partial charge in [-0.1, -0.05) is 5.21 Å². The Morgan fingerprint density at radius 3 is 2.74 bits per heavy atom. The average Bonchev–Trinajstić information content (AvgIpc) is 3.12. The van der Waals surface area contributed by atoms with Gasteiger partial charge < -0.3 is 10.6 Å². The van der Waals surface area contributed by atoms with E-state index in [4.69, 9.17) is 0 Å². The second-order valence-corrected chi connectivity index (χ2v) is 6.69. The molecule has 2 aromatic rings. The van der Waals surface area contributed by atoms with Crippen LogP contribution in [0.1, 0.15) is 21.9 Å². The second-order valence-electron chi connectivity index (χ2n) is 6.69. The van der Waals surface area contributed by atoms with Gasteiger partial charge in [0.25, 0.3) is 5.91 Å². The summed E-state index contributed by atoms with van der Waals surface area (Å²) >= 11 is 0. The highest BCUT2D eigenvalue weighted by molar-refractivity contribution is 5.91. The standard InChI is InChI=1S/C17H26N8O2/c1-13-11-14(2)25(17(27)20-13)8-5-19-16(26)15-12-24(22-21-15)10-9-23-6-3-18-4-7-23/h11-12,18H,3-10H2,1-2H3,(H,19,26). The molecule has 0 atom stereocenters. The first-order chi connectivity index (χ1) is 13.0. The lowest BCUT2D eigenvalue weighted by Crippen LogP contribution is -2.44. The van der Waals surface area contributed by atoms with Gasteiger partial charge in [0.05, 0.1) is 12.7 Å². The minimum atomic E-state index is -0.305. The summed E-state index contributed by atoms with van der Waals surface area (Å²) in [6.07, 6.45) is 1.66. The van der Waals surface area contributed by atoms with Gasteiger partial charge in [-0.15, -0.1) is 5.10 Å². The Morgan fingerprint density at radius 1 is 1.22 bits per heavy atom. The van der Waals surface area contributed by atoms with Crippen LogP contribution in [0.4, 0.5) is 0 Å². The topological polar surface area (TPSA) is 110 Å². The van der Waals surface area contributed by atoms with E-state index in [1.54, 1.807) is 17.8 Å². The van der Waals surface area contributed by atoms with E-state index >= 15 is 0 Å². The molecule has 1 fully saturated rings. The van der Waals surface area contributed by atoms with Gasteiger partial charge in [-0.2, -0.15) is 4.98 Å². The van der Waals surface area contributed by atoms with Gasteiger partial charge in [-0.25, -0.2) is 4.79 Å². The third-order valence-corrected chi connectivity index (χ3v) is 4.59. The first-order valence-electron chi connectivity index (χ1n) is 9.19. The molecule has 10 nitrogen and oxygen atoms in total. The summed E-state index contributed by atoms with van der Waals surface area (Å²) in [6, 6.07) is 1.84. The van der Waals surface area contributed by atoms with Crippen molar-refractivity contribution in [3.8, 4) is 0 Å². The molecule has 0 aliphatic carbocycles. The van der Waals surface area contributed by atoms with E-state index in [-0.39, 0.29) is 17.3 Å². The van der Waals surface area contributed by atoms with Crippen molar-refractivity contribution in [1.29, 1.82) is 0 Å². The molecule has 2 aromatic heterocycles. The first-order valence-corrected chi connectivity index (χ1v) is 9.19. The van der Waals surface area contributed by atoms with E-state index < -0.39 is 0 Å². The van der Waals surface area contributed by atoms with Crippen molar-refractivity contribution in [2.45, 2.75) is 26.9 Å². The zero-order valence-corrected chi connectivity index (χ0v) is 15.8. The maximum Gasteiger partial charge on any atom is 0.348 e. The highest BCUT2D eigenvalue weighted by atomic mass is 16.2. The van der Waals surface area contributed by atoms with Gasteiger partial charge in [-0.3, -0.25) is 18.9 Å². The third-order valence-electron chi connectivity index (χ3n) is 4.59. The van der Waals surface area contributed by atoms with Gasteiger partial charge in [0.15, 0.2) is 5.69 Å². The lowest BCUT2D eigenvalue weighted by molar-refractivity contribution is 0.0947. The summed E-state index contributed by atoms with van der Waals surface area (Å²) in [7, 11) is 0. The predicted molar refractivity (Wildman–Crippen MR) is 99.6 cm³/mol. The molecule has 0 spiro atoms. The Balaban J connectivity index is 1.47. The fraction of sp³-hybridized carbons (Fsp3) is 0.588. The van der Waals surface area contributed by atoms with Crippen LogP contribution in [-0.4, -0.2) is 74.6 Å². The molecule has 0 bridgehead atoms. The Labute approximate surface area is 157 Å². The number of carbonyl (C=O) groups excluding carboxylic acids is 1. The second kappa shape index (κ2) is 8.87. The fourth-order valence-electron chi connectivity index (χ4n) is 3.11. The van der Waals surface area contributed by atoms with Crippen molar-refractivity contribution in [2.24, 2.45) is 0 Å². The molecular formula is C17H26N8O2. The number of hydrogen-bond donors (Lipinski definition) is 2. The number of amides is 1. The van der Waals surface area contributed by atoms with Crippen molar-refractivity contribution in [3.63, 3.8) is 0 Å². The molecule has 3 heterocycles. The maximum atomic E-state index is 12.2. The molecule has 2 N–H and O–H groups in total. The number of aromatic nitrogens is 5. The van der Waals surface area contributed by atoms with Crippen LogP contribution >= 0.6 is 0 Å². The van der Waals surface area contributed by atoms with Crippen molar-refractivity contribution < 1.29 is 4.79 Å². The molecule has 0 aromatic carbocycles. The minimum Gasteiger partial charge on any atom is -0.349 e. The highest BCUT2D eigenvalue weighted by Crippen LogP contribution is 1.98. The van der Waals surface area contributed by atoms with Crippen LogP contribution in [-0.2, 0) is 13.1 Å². The predicted octanol–water partition coefficient (Wildman–Crippen LogP) is -1.21. The summed E-state index contributed by atoms with van der Waals surface area (Å²) in [6.45, 7) is 9.95. The van der Waals surface area contributed by atoms with Crippen LogP contribution in [0.5, 0.6) is 0 Å². The van der Waals surface area contributed by atoms with Gasteiger partial charge in [0, 0.05) is 57.2 Å². The summed E-state index contributed by atoms with van der Waals surface area (Å²) in [4.78, 5) is 30.4. The van der Waals surface area contributed by atoms with E-state index in [9.17, 15) is 9.59 Å². The van der Waals surface area contributed by atoms with Crippen molar-refractivity contribution in [3.05, 3.63) is 39.8 Å². The van der Waals surface area contributed by atoms with Crippen LogP contribution in [0.2, 0.25) is 0 Å². The summed E-state index contributed by atoms with van der Waals surface area (Å²) in [5, 5.41) is 14.1. The molecule has 3 rings (SSSR count). The lowest BCUT2D eigenvalue weighted by Gasteiger charge is -2.26. The zero-order chi connectivity index (χ0) is 19.2. The van der Waals surface area contributed by atoms with E-state index in [2.05, 4.69) is 30.8 Å². The number of rotatable bonds is 7. The van der Waals surface area contributed by atoms with Gasteiger partial charge in [0.1, 0.15) is 0 Å². The lowest BCUT2D eigenvalue weighted by atomic mass is 10.3. The number of hydrogen-bond acceptors (Lipinski definition) is 7. The summed E-state index contributed by atoms with van der Waals surface area (Å²) < 4.78 is 3.23. The van der Waals surface area contributed by atoms with E-state index in [0.717, 1.165) is 38.4 Å². The quantitative estimate of drug-likeness (QED) is 0.625. The molecule has 1 amide bonds. The number of aryl methyl sites for hydroxylation is 2. The third kappa shape index (κ3) is 5.20. The van der Waals surface area contributed by atoms with Crippen molar-refractivity contribution in [2.75, 3.05) is 39.3 Å². The summed E-state index contributed by atoms with van der Waals surface area (Å²) in [5.74, 6) is -0.297. The minimum absolute atomic E-state index is 0.279. The van der Waals surface area contributed by atoms with Gasteiger partial charge in [-0.05, 0) is 19.9 Å². The molecule has 10 heteroatoms.